The maximum absolute atomic E-state index is 11.9. The van der Waals surface area contributed by atoms with Crippen LogP contribution in [0.5, 0.6) is 0 Å². The monoisotopic (exact) mass is 377 g/mol. The van der Waals surface area contributed by atoms with Crippen molar-refractivity contribution in [2.24, 2.45) is 0 Å². The first-order valence-corrected chi connectivity index (χ1v) is 7.47. The van der Waals surface area contributed by atoms with Crippen molar-refractivity contribution >= 4 is 50.5 Å². The lowest BCUT2D eigenvalue weighted by atomic mass is 10.1. The van der Waals surface area contributed by atoms with E-state index in [-0.39, 0.29) is 11.5 Å². The van der Waals surface area contributed by atoms with Gasteiger partial charge in [0.2, 0.25) is 0 Å². The number of halogens is 2. The molecule has 0 unspecified atom stereocenters. The number of nitrogens with zero attached hydrogens (tertiary/aromatic N) is 1. The van der Waals surface area contributed by atoms with Gasteiger partial charge in [-0.2, -0.15) is 0 Å². The van der Waals surface area contributed by atoms with Gasteiger partial charge >= 0.3 is 5.63 Å². The molecule has 1 heterocycles. The van der Waals surface area contributed by atoms with Crippen LogP contribution in [-0.2, 0) is 0 Å². The minimum atomic E-state index is -0.626. The molecular weight excluding hydrogens is 370 g/mol. The molecule has 0 aliphatic carbocycles. The highest BCUT2D eigenvalue weighted by Crippen LogP contribution is 2.19. The lowest BCUT2D eigenvalue weighted by Crippen LogP contribution is -2.06. The summed E-state index contributed by atoms with van der Waals surface area (Å²) in [6.07, 6.45) is 1.27. The average Bonchev–Trinajstić information content (AvgIpc) is 2.49. The third-order valence-electron chi connectivity index (χ3n) is 2.99. The Bertz CT molecular complexity index is 932. The van der Waals surface area contributed by atoms with Crippen molar-refractivity contribution in [2.45, 2.75) is 0 Å². The van der Waals surface area contributed by atoms with E-state index in [0.717, 1.165) is 4.47 Å². The van der Waals surface area contributed by atoms with Crippen molar-refractivity contribution in [1.29, 1.82) is 0 Å². The van der Waals surface area contributed by atoms with E-state index in [4.69, 9.17) is 16.0 Å². The summed E-state index contributed by atoms with van der Waals surface area (Å²) in [5, 5.41) is 10.6. The van der Waals surface area contributed by atoms with E-state index >= 15 is 0 Å². The third-order valence-corrected chi connectivity index (χ3v) is 3.75. The van der Waals surface area contributed by atoms with Crippen LogP contribution in [0.4, 0.5) is 0 Å². The number of aliphatic hydroxyl groups is 1. The molecule has 0 aliphatic rings. The second-order valence-corrected chi connectivity index (χ2v) is 5.89. The summed E-state index contributed by atoms with van der Waals surface area (Å²) in [5.74, 6) is -0.0753. The van der Waals surface area contributed by atoms with E-state index in [1.807, 2.05) is 0 Å². The smallest absolute Gasteiger partial charge is 0.362 e. The van der Waals surface area contributed by atoms with Gasteiger partial charge in [-0.3, -0.25) is 0 Å². The number of hydrogen-bond donors (Lipinski definition) is 1. The summed E-state index contributed by atoms with van der Waals surface area (Å²) in [7, 11) is 0. The summed E-state index contributed by atoms with van der Waals surface area (Å²) in [5.41, 5.74) is 0.737. The number of aromatic nitrogens is 1. The van der Waals surface area contributed by atoms with Crippen LogP contribution < -0.4 is 5.63 Å². The Hall–Kier alpha value is -2.11. The van der Waals surface area contributed by atoms with E-state index in [0.29, 0.717) is 21.7 Å². The summed E-state index contributed by atoms with van der Waals surface area (Å²) in [6, 6.07) is 11.8. The molecule has 22 heavy (non-hydrogen) atoms. The van der Waals surface area contributed by atoms with E-state index in [1.54, 1.807) is 42.5 Å². The van der Waals surface area contributed by atoms with Gasteiger partial charge < -0.3 is 9.52 Å². The zero-order valence-electron chi connectivity index (χ0n) is 11.1. The molecule has 4 nitrogen and oxygen atoms in total. The zero-order valence-corrected chi connectivity index (χ0v) is 13.4. The van der Waals surface area contributed by atoms with E-state index in [1.165, 1.54) is 6.08 Å². The zero-order chi connectivity index (χ0) is 15.7. The molecule has 0 spiro atoms. The fraction of sp³-hybridized carbons (Fsp3) is 0. The third kappa shape index (κ3) is 3.05. The second kappa shape index (κ2) is 5.94. The van der Waals surface area contributed by atoms with Gasteiger partial charge in [-0.1, -0.05) is 39.7 Å². The molecular formula is C16H9BrClNO3. The number of aliphatic hydroxyl groups excluding tert-OH is 1. The van der Waals surface area contributed by atoms with Crippen molar-refractivity contribution in [1.82, 2.24) is 4.98 Å². The summed E-state index contributed by atoms with van der Waals surface area (Å²) < 4.78 is 6.05. The molecule has 0 atom stereocenters. The van der Waals surface area contributed by atoms with Crippen molar-refractivity contribution in [2.75, 3.05) is 0 Å². The Labute approximate surface area is 138 Å². The van der Waals surface area contributed by atoms with Crippen LogP contribution in [0.2, 0.25) is 5.02 Å². The first kappa shape index (κ1) is 14.8. The maximum atomic E-state index is 11.9. The summed E-state index contributed by atoms with van der Waals surface area (Å²) >= 11 is 9.21. The topological polar surface area (TPSA) is 63.3 Å². The highest BCUT2D eigenvalue weighted by atomic mass is 79.9. The van der Waals surface area contributed by atoms with Gasteiger partial charge in [0.25, 0.3) is 0 Å². The van der Waals surface area contributed by atoms with E-state index in [2.05, 4.69) is 20.9 Å². The molecule has 6 heteroatoms. The minimum Gasteiger partial charge on any atom is -0.507 e. The second-order valence-electron chi connectivity index (χ2n) is 4.54. The largest absolute Gasteiger partial charge is 0.507 e. The predicted octanol–water partition coefficient (Wildman–Crippen LogP) is 4.66. The van der Waals surface area contributed by atoms with Crippen molar-refractivity contribution in [3.63, 3.8) is 0 Å². The number of benzene rings is 2. The lowest BCUT2D eigenvalue weighted by molar-refractivity contribution is 0.514. The van der Waals surface area contributed by atoms with Gasteiger partial charge in [0.1, 0.15) is 11.3 Å². The molecule has 2 aromatic carbocycles. The fourth-order valence-electron chi connectivity index (χ4n) is 1.92. The van der Waals surface area contributed by atoms with Gasteiger partial charge in [0.15, 0.2) is 11.3 Å². The van der Waals surface area contributed by atoms with Gasteiger partial charge in [0.05, 0.1) is 0 Å². The van der Waals surface area contributed by atoms with E-state index < -0.39 is 5.63 Å². The molecule has 0 saturated heterocycles. The lowest BCUT2D eigenvalue weighted by Gasteiger charge is -2.01. The molecule has 0 aliphatic heterocycles. The Balaban J connectivity index is 2.09. The highest BCUT2D eigenvalue weighted by molar-refractivity contribution is 9.10. The maximum Gasteiger partial charge on any atom is 0.362 e. The van der Waals surface area contributed by atoms with Gasteiger partial charge in [-0.25, -0.2) is 9.78 Å². The predicted molar refractivity (Wildman–Crippen MR) is 89.9 cm³/mol. The SMILES string of the molecule is O=c1oc2ccc(Cl)cc2nc1C=C(O)c1ccc(Br)cc1. The molecule has 0 saturated carbocycles. The van der Waals surface area contributed by atoms with Crippen molar-refractivity contribution < 1.29 is 9.52 Å². The Morgan fingerprint density at radius 2 is 1.95 bits per heavy atom. The standard InChI is InChI=1S/C16H9BrClNO3/c17-10-3-1-9(2-4-10)14(20)8-13-16(21)22-15-6-5-11(18)7-12(15)19-13/h1-8,20H. The number of fused-ring (bicyclic) bond motifs is 1. The van der Waals surface area contributed by atoms with Crippen LogP contribution in [0.15, 0.2) is 56.1 Å². The van der Waals surface area contributed by atoms with Gasteiger partial charge in [-0.15, -0.1) is 0 Å². The molecule has 1 N–H and O–H groups in total. The first-order chi connectivity index (χ1) is 10.5. The van der Waals surface area contributed by atoms with Crippen LogP contribution in [0.1, 0.15) is 11.3 Å². The normalized spacial score (nSPS) is 11.8. The van der Waals surface area contributed by atoms with Crippen LogP contribution >= 0.6 is 27.5 Å². The number of hydrogen-bond acceptors (Lipinski definition) is 4. The number of rotatable bonds is 2. The highest BCUT2D eigenvalue weighted by Gasteiger charge is 2.08. The minimum absolute atomic E-state index is 0.00943. The Morgan fingerprint density at radius 3 is 2.68 bits per heavy atom. The molecule has 0 radical (unpaired) electrons. The van der Waals surface area contributed by atoms with Crippen LogP contribution in [-0.4, -0.2) is 10.1 Å². The Morgan fingerprint density at radius 1 is 1.23 bits per heavy atom. The molecule has 0 amide bonds. The van der Waals surface area contributed by atoms with Crippen LogP contribution in [0.3, 0.4) is 0 Å². The average molecular weight is 379 g/mol. The van der Waals surface area contributed by atoms with E-state index in [9.17, 15) is 9.90 Å². The van der Waals surface area contributed by atoms with Crippen LogP contribution in [0.25, 0.3) is 22.9 Å². The molecule has 3 rings (SSSR count). The quantitative estimate of drug-likeness (QED) is 0.659. The van der Waals surface area contributed by atoms with Crippen LogP contribution in [0, 0.1) is 0 Å². The summed E-state index contributed by atoms with van der Waals surface area (Å²) in [6.45, 7) is 0. The van der Waals surface area contributed by atoms with Crippen molar-refractivity contribution in [3.05, 3.63) is 73.6 Å². The molecule has 3 aromatic rings. The van der Waals surface area contributed by atoms with Crippen molar-refractivity contribution in [3.8, 4) is 0 Å². The van der Waals surface area contributed by atoms with Gasteiger partial charge in [0, 0.05) is 21.1 Å². The Kier molecular flexibility index (Phi) is 4.00. The fourth-order valence-corrected chi connectivity index (χ4v) is 2.35. The molecule has 0 bridgehead atoms. The molecule has 0 fully saturated rings. The van der Waals surface area contributed by atoms with Gasteiger partial charge in [-0.05, 0) is 30.3 Å². The molecule has 1 aromatic heterocycles. The summed E-state index contributed by atoms with van der Waals surface area (Å²) in [4.78, 5) is 16.1. The molecule has 110 valence electrons. The first-order valence-electron chi connectivity index (χ1n) is 6.30.